The van der Waals surface area contributed by atoms with E-state index >= 15 is 0 Å². The molecular formula is C21H15F5N4O2. The molecule has 0 radical (unpaired) electrons. The summed E-state index contributed by atoms with van der Waals surface area (Å²) in [6, 6.07) is 6.40. The first kappa shape index (κ1) is 20.3. The number of nitrogens with one attached hydrogen (secondary N) is 1. The van der Waals surface area contributed by atoms with E-state index in [1.165, 1.54) is 16.9 Å². The highest BCUT2D eigenvalue weighted by Gasteiger charge is 2.32. The van der Waals surface area contributed by atoms with Crippen molar-refractivity contribution >= 4 is 11.0 Å². The van der Waals surface area contributed by atoms with Crippen LogP contribution in [0.25, 0.3) is 33.4 Å². The highest BCUT2D eigenvalue weighted by molar-refractivity contribution is 6.04. The van der Waals surface area contributed by atoms with Gasteiger partial charge in [0.2, 0.25) is 5.88 Å². The normalized spacial score (nSPS) is 13.6. The van der Waals surface area contributed by atoms with E-state index in [0.717, 1.165) is 12.1 Å². The first-order chi connectivity index (χ1) is 15.4. The predicted octanol–water partition coefficient (Wildman–Crippen LogP) is 5.55. The first-order valence-electron chi connectivity index (χ1n) is 9.67. The van der Waals surface area contributed by atoms with E-state index in [1.54, 1.807) is 12.1 Å². The molecule has 3 aromatic heterocycles. The number of hydrogen-bond acceptors (Lipinski definition) is 4. The average molecular weight is 450 g/mol. The zero-order chi connectivity index (χ0) is 22.4. The third-order valence-corrected chi connectivity index (χ3v) is 5.14. The van der Waals surface area contributed by atoms with Crippen molar-refractivity contribution in [3.63, 3.8) is 0 Å². The number of rotatable bonds is 5. The monoisotopic (exact) mass is 450 g/mol. The van der Waals surface area contributed by atoms with E-state index in [9.17, 15) is 22.0 Å². The lowest BCUT2D eigenvalue weighted by Crippen LogP contribution is -2.15. The Hall–Kier alpha value is -3.63. The van der Waals surface area contributed by atoms with E-state index in [4.69, 9.17) is 4.74 Å². The quantitative estimate of drug-likeness (QED) is 0.405. The predicted molar refractivity (Wildman–Crippen MR) is 104 cm³/mol. The number of alkyl halides is 4. The Labute approximate surface area is 177 Å². The lowest BCUT2D eigenvalue weighted by molar-refractivity contribution is -0.0495. The molecule has 32 heavy (non-hydrogen) atoms. The fraction of sp³-hybridized carbons (Fsp3) is 0.238. The van der Waals surface area contributed by atoms with Gasteiger partial charge in [-0.3, -0.25) is 0 Å². The summed E-state index contributed by atoms with van der Waals surface area (Å²) in [5.41, 5.74) is 0.268. The zero-order valence-electron chi connectivity index (χ0n) is 16.3. The highest BCUT2D eigenvalue weighted by Crippen LogP contribution is 2.47. The van der Waals surface area contributed by atoms with Gasteiger partial charge in [0, 0.05) is 41.7 Å². The summed E-state index contributed by atoms with van der Waals surface area (Å²) < 4.78 is 79.4. The number of aromatic nitrogens is 4. The Morgan fingerprint density at radius 3 is 2.75 bits per heavy atom. The maximum atomic E-state index is 14.0. The van der Waals surface area contributed by atoms with Crippen LogP contribution < -0.4 is 9.47 Å². The van der Waals surface area contributed by atoms with Gasteiger partial charge in [0.15, 0.2) is 0 Å². The van der Waals surface area contributed by atoms with Crippen LogP contribution in [0.4, 0.5) is 22.0 Å². The van der Waals surface area contributed by atoms with Crippen LogP contribution in [0.2, 0.25) is 0 Å². The van der Waals surface area contributed by atoms with Crippen LogP contribution in [-0.2, 0) is 6.54 Å². The number of aryl methyl sites for hydroxylation is 1. The largest absolute Gasteiger partial charge is 0.477 e. The molecule has 1 aromatic carbocycles. The van der Waals surface area contributed by atoms with Crippen molar-refractivity contribution in [3.8, 4) is 34.0 Å². The topological polar surface area (TPSA) is 65.0 Å². The number of ether oxygens (including phenoxy) is 2. The van der Waals surface area contributed by atoms with Crippen LogP contribution in [0, 0.1) is 5.82 Å². The summed E-state index contributed by atoms with van der Waals surface area (Å²) in [7, 11) is 0. The van der Waals surface area contributed by atoms with Gasteiger partial charge in [-0.25, -0.2) is 22.8 Å². The van der Waals surface area contributed by atoms with Crippen LogP contribution in [0.3, 0.4) is 0 Å². The van der Waals surface area contributed by atoms with Crippen molar-refractivity contribution in [2.24, 2.45) is 0 Å². The molecule has 0 amide bonds. The third kappa shape index (κ3) is 3.33. The summed E-state index contributed by atoms with van der Waals surface area (Å²) in [5.74, 6) is -1.09. The second-order valence-corrected chi connectivity index (χ2v) is 7.08. The molecule has 1 aliphatic heterocycles. The highest BCUT2D eigenvalue weighted by atomic mass is 19.3. The second kappa shape index (κ2) is 7.81. The van der Waals surface area contributed by atoms with Gasteiger partial charge in [0.05, 0.1) is 17.9 Å². The van der Waals surface area contributed by atoms with E-state index in [2.05, 4.69) is 19.8 Å². The molecule has 0 unspecified atom stereocenters. The maximum Gasteiger partial charge on any atom is 0.387 e. The molecule has 6 nitrogen and oxygen atoms in total. The molecule has 166 valence electrons. The van der Waals surface area contributed by atoms with Gasteiger partial charge in [-0.05, 0) is 24.3 Å². The zero-order valence-corrected chi connectivity index (χ0v) is 16.3. The van der Waals surface area contributed by atoms with Crippen LogP contribution >= 0.6 is 0 Å². The van der Waals surface area contributed by atoms with Gasteiger partial charge in [0.25, 0.3) is 6.43 Å². The van der Waals surface area contributed by atoms with E-state index in [0.29, 0.717) is 30.6 Å². The number of H-pyrrole nitrogens is 1. The third-order valence-electron chi connectivity index (χ3n) is 5.14. The Bertz CT molecular complexity index is 1300. The minimum Gasteiger partial charge on any atom is -0.477 e. The van der Waals surface area contributed by atoms with Crippen LogP contribution in [0.5, 0.6) is 11.6 Å². The molecule has 4 aromatic rings. The fourth-order valence-corrected chi connectivity index (χ4v) is 3.92. The van der Waals surface area contributed by atoms with Crippen molar-refractivity contribution < 1.29 is 31.4 Å². The number of nitrogens with zero attached hydrogens (tertiary/aromatic N) is 3. The van der Waals surface area contributed by atoms with Crippen molar-refractivity contribution in [2.45, 2.75) is 26.0 Å². The molecule has 11 heteroatoms. The van der Waals surface area contributed by atoms with Gasteiger partial charge in [-0.1, -0.05) is 0 Å². The Kier molecular flexibility index (Phi) is 4.95. The summed E-state index contributed by atoms with van der Waals surface area (Å²) >= 11 is 0. The summed E-state index contributed by atoms with van der Waals surface area (Å²) in [6.07, 6.45) is -0.836. The van der Waals surface area contributed by atoms with E-state index in [1.807, 2.05) is 0 Å². The minimum atomic E-state index is -3.22. The SMILES string of the molecule is Fc1ccc(-c2c(-c3c(C(F)F)nn4c3OCCC4)[nH]c3ncccc23)c(OC(F)F)c1. The van der Waals surface area contributed by atoms with Gasteiger partial charge >= 0.3 is 6.61 Å². The van der Waals surface area contributed by atoms with Crippen LogP contribution in [0.1, 0.15) is 18.5 Å². The van der Waals surface area contributed by atoms with Crippen molar-refractivity contribution in [1.29, 1.82) is 0 Å². The van der Waals surface area contributed by atoms with E-state index < -0.39 is 30.3 Å². The second-order valence-electron chi connectivity index (χ2n) is 7.08. The van der Waals surface area contributed by atoms with E-state index in [-0.39, 0.29) is 28.3 Å². The van der Waals surface area contributed by atoms with Gasteiger partial charge in [0.1, 0.15) is 22.9 Å². The van der Waals surface area contributed by atoms with Gasteiger partial charge in [-0.2, -0.15) is 13.9 Å². The first-order valence-corrected chi connectivity index (χ1v) is 9.67. The lowest BCUT2D eigenvalue weighted by atomic mass is 9.97. The molecule has 0 aliphatic carbocycles. The minimum absolute atomic E-state index is 0.0000203. The average Bonchev–Trinajstić information content (AvgIpc) is 3.32. The smallest absolute Gasteiger partial charge is 0.387 e. The summed E-state index contributed by atoms with van der Waals surface area (Å²) in [4.78, 5) is 7.21. The molecule has 0 fully saturated rings. The van der Waals surface area contributed by atoms with Gasteiger partial charge in [-0.15, -0.1) is 0 Å². The Morgan fingerprint density at radius 1 is 1.12 bits per heavy atom. The molecule has 5 rings (SSSR count). The fourth-order valence-electron chi connectivity index (χ4n) is 3.92. The lowest BCUT2D eigenvalue weighted by Gasteiger charge is -2.17. The Morgan fingerprint density at radius 2 is 1.97 bits per heavy atom. The number of aromatic amines is 1. The maximum absolute atomic E-state index is 14.0. The molecule has 0 saturated heterocycles. The molecule has 1 aliphatic rings. The number of hydrogen-bond donors (Lipinski definition) is 1. The molecule has 0 bridgehead atoms. The summed E-state index contributed by atoms with van der Waals surface area (Å²) in [5, 5.41) is 4.45. The van der Waals surface area contributed by atoms with Crippen molar-refractivity contribution in [2.75, 3.05) is 6.61 Å². The molecule has 4 heterocycles. The standard InChI is InChI=1S/C21H15F5N4O2/c22-10-4-5-11(13(9-10)32-21(25)26)14-12-3-1-6-27-19(12)28-16(14)15-17(18(23)24)29-30-7-2-8-31-20(15)30/h1,3-6,9,18,21H,2,7-8H2,(H,27,28). The summed E-state index contributed by atoms with van der Waals surface area (Å²) in [6.45, 7) is -2.52. The van der Waals surface area contributed by atoms with Crippen molar-refractivity contribution in [3.05, 3.63) is 48.0 Å². The number of halogens is 5. The van der Waals surface area contributed by atoms with Gasteiger partial charge < -0.3 is 14.5 Å². The molecule has 0 saturated carbocycles. The molecule has 1 N–H and O–H groups in total. The molecule has 0 atom stereocenters. The number of fused-ring (bicyclic) bond motifs is 2. The molecular weight excluding hydrogens is 435 g/mol. The van der Waals surface area contributed by atoms with Crippen LogP contribution in [0.15, 0.2) is 36.5 Å². The number of benzene rings is 1. The van der Waals surface area contributed by atoms with Crippen molar-refractivity contribution in [1.82, 2.24) is 19.7 Å². The Balaban J connectivity index is 1.84. The molecule has 0 spiro atoms. The number of pyridine rings is 1. The van der Waals surface area contributed by atoms with Crippen LogP contribution in [-0.4, -0.2) is 33.0 Å².